The summed E-state index contributed by atoms with van der Waals surface area (Å²) in [6, 6.07) is 0. The Morgan fingerprint density at radius 3 is 1.48 bits per heavy atom. The molecule has 0 unspecified atom stereocenters. The molecular formula is C20H38O3. The Labute approximate surface area is 143 Å². The quantitative estimate of drug-likeness (QED) is 0.204. The number of unbranched alkanes of at least 4 members (excludes halogenated alkanes) is 12. The monoisotopic (exact) mass is 326 g/mol. The Bertz CT molecular complexity index is 297. The fourth-order valence-electron chi connectivity index (χ4n) is 2.57. The average molecular weight is 327 g/mol. The first-order valence-corrected chi connectivity index (χ1v) is 9.82. The van der Waals surface area contributed by atoms with E-state index in [1.54, 1.807) is 13.8 Å². The first kappa shape index (κ1) is 22.1. The molecule has 0 bridgehead atoms. The van der Waals surface area contributed by atoms with Gasteiger partial charge in [0, 0.05) is 6.42 Å². The fraction of sp³-hybridized carbons (Fsp3) is 0.900. The first-order chi connectivity index (χ1) is 11.1. The van der Waals surface area contributed by atoms with Crippen LogP contribution in [0.15, 0.2) is 0 Å². The lowest BCUT2D eigenvalue weighted by atomic mass is 10.0. The van der Waals surface area contributed by atoms with Crippen LogP contribution in [0.4, 0.5) is 0 Å². The van der Waals surface area contributed by atoms with Gasteiger partial charge in [-0.3, -0.25) is 9.59 Å². The molecule has 0 saturated carbocycles. The van der Waals surface area contributed by atoms with Crippen molar-refractivity contribution >= 4 is 11.9 Å². The minimum Gasteiger partial charge on any atom is -0.393 e. The molecule has 0 rings (SSSR count). The minimum absolute atomic E-state index is 0.231. The van der Waals surface area contributed by atoms with Gasteiger partial charge in [0.1, 0.15) is 0 Å². The Morgan fingerprint density at radius 2 is 1.09 bits per heavy atom. The van der Waals surface area contributed by atoms with Crippen LogP contribution in [0.1, 0.15) is 111 Å². The molecule has 0 amide bonds. The van der Waals surface area contributed by atoms with Gasteiger partial charge in [-0.1, -0.05) is 97.8 Å². The first-order valence-electron chi connectivity index (χ1n) is 9.82. The summed E-state index contributed by atoms with van der Waals surface area (Å²) >= 11 is 0. The second kappa shape index (κ2) is 16.0. The SMILES string of the molecule is CCCCCCCCCCCCCCCC(=O)OC(=O)C(C)C. The molecule has 0 aromatic rings. The number of hydrogen-bond acceptors (Lipinski definition) is 3. The predicted octanol–water partition coefficient (Wildman–Crippen LogP) is 6.19. The van der Waals surface area contributed by atoms with Gasteiger partial charge in [-0.15, -0.1) is 0 Å². The molecule has 0 aliphatic heterocycles. The summed E-state index contributed by atoms with van der Waals surface area (Å²) < 4.78 is 4.74. The van der Waals surface area contributed by atoms with Crippen molar-refractivity contribution in [1.29, 1.82) is 0 Å². The zero-order chi connectivity index (χ0) is 17.3. The van der Waals surface area contributed by atoms with Crippen LogP contribution >= 0.6 is 0 Å². The van der Waals surface area contributed by atoms with Gasteiger partial charge < -0.3 is 4.74 Å². The van der Waals surface area contributed by atoms with Crippen LogP contribution in [-0.4, -0.2) is 11.9 Å². The maximum atomic E-state index is 11.4. The van der Waals surface area contributed by atoms with E-state index in [0.29, 0.717) is 6.42 Å². The van der Waals surface area contributed by atoms with Crippen LogP contribution in [0, 0.1) is 5.92 Å². The molecule has 3 nitrogen and oxygen atoms in total. The van der Waals surface area contributed by atoms with E-state index in [-0.39, 0.29) is 11.9 Å². The van der Waals surface area contributed by atoms with Gasteiger partial charge in [0.15, 0.2) is 0 Å². The third-order valence-electron chi connectivity index (χ3n) is 4.17. The lowest BCUT2D eigenvalue weighted by Gasteiger charge is -2.05. The summed E-state index contributed by atoms with van der Waals surface area (Å²) in [6.07, 6.45) is 17.0. The molecule has 0 spiro atoms. The summed E-state index contributed by atoms with van der Waals surface area (Å²) in [5, 5.41) is 0. The molecule has 23 heavy (non-hydrogen) atoms. The van der Waals surface area contributed by atoms with Crippen molar-refractivity contribution in [3.8, 4) is 0 Å². The summed E-state index contributed by atoms with van der Waals surface area (Å²) in [5.41, 5.74) is 0. The standard InChI is InChI=1S/C20H38O3/c1-4-5-6-7-8-9-10-11-12-13-14-15-16-17-19(21)23-20(22)18(2)3/h18H,4-17H2,1-3H3. The highest BCUT2D eigenvalue weighted by molar-refractivity contribution is 5.86. The van der Waals surface area contributed by atoms with E-state index < -0.39 is 5.97 Å². The number of ether oxygens (including phenoxy) is 1. The maximum absolute atomic E-state index is 11.4. The second-order valence-electron chi connectivity index (χ2n) is 6.94. The van der Waals surface area contributed by atoms with E-state index in [0.717, 1.165) is 12.8 Å². The average Bonchev–Trinajstić information content (AvgIpc) is 2.51. The Balaban J connectivity index is 3.21. The zero-order valence-corrected chi connectivity index (χ0v) is 15.7. The summed E-state index contributed by atoms with van der Waals surface area (Å²) in [7, 11) is 0. The molecule has 0 aromatic carbocycles. The Hall–Kier alpha value is -0.860. The Kier molecular flexibility index (Phi) is 15.4. The van der Waals surface area contributed by atoms with Gasteiger partial charge in [-0.25, -0.2) is 0 Å². The Morgan fingerprint density at radius 1 is 0.696 bits per heavy atom. The number of carbonyl (C=O) groups excluding carboxylic acids is 2. The van der Waals surface area contributed by atoms with Crippen molar-refractivity contribution in [2.75, 3.05) is 0 Å². The van der Waals surface area contributed by atoms with E-state index in [2.05, 4.69) is 6.92 Å². The fourth-order valence-corrected chi connectivity index (χ4v) is 2.57. The van der Waals surface area contributed by atoms with Crippen LogP contribution in [0.5, 0.6) is 0 Å². The summed E-state index contributed by atoms with van der Waals surface area (Å²) in [4.78, 5) is 22.7. The molecule has 3 heteroatoms. The highest BCUT2D eigenvalue weighted by atomic mass is 16.6. The van der Waals surface area contributed by atoms with Crippen molar-refractivity contribution in [1.82, 2.24) is 0 Å². The van der Waals surface area contributed by atoms with Crippen molar-refractivity contribution < 1.29 is 14.3 Å². The zero-order valence-electron chi connectivity index (χ0n) is 15.7. The molecule has 136 valence electrons. The number of hydrogen-bond donors (Lipinski definition) is 0. The van der Waals surface area contributed by atoms with Crippen LogP contribution < -0.4 is 0 Å². The molecule has 0 atom stereocenters. The van der Waals surface area contributed by atoms with Gasteiger partial charge in [0.05, 0.1) is 5.92 Å². The predicted molar refractivity (Wildman–Crippen MR) is 96.2 cm³/mol. The molecular weight excluding hydrogens is 288 g/mol. The third kappa shape index (κ3) is 15.8. The second-order valence-corrected chi connectivity index (χ2v) is 6.94. The number of esters is 2. The van der Waals surface area contributed by atoms with Crippen LogP contribution in [-0.2, 0) is 14.3 Å². The van der Waals surface area contributed by atoms with Crippen molar-refractivity contribution in [3.05, 3.63) is 0 Å². The van der Waals surface area contributed by atoms with Crippen molar-refractivity contribution in [3.63, 3.8) is 0 Å². The molecule has 0 aromatic heterocycles. The number of rotatable bonds is 15. The lowest BCUT2D eigenvalue weighted by molar-refractivity contribution is -0.162. The van der Waals surface area contributed by atoms with Crippen LogP contribution in [0.3, 0.4) is 0 Å². The summed E-state index contributed by atoms with van der Waals surface area (Å²) in [5.74, 6) is -1.01. The molecule has 0 saturated heterocycles. The third-order valence-corrected chi connectivity index (χ3v) is 4.17. The van der Waals surface area contributed by atoms with Gasteiger partial charge in [-0.2, -0.15) is 0 Å². The lowest BCUT2D eigenvalue weighted by Crippen LogP contribution is -2.16. The van der Waals surface area contributed by atoms with E-state index in [4.69, 9.17) is 4.74 Å². The smallest absolute Gasteiger partial charge is 0.316 e. The molecule has 0 fully saturated rings. The normalized spacial score (nSPS) is 11.0. The summed E-state index contributed by atoms with van der Waals surface area (Å²) in [6.45, 7) is 5.73. The van der Waals surface area contributed by atoms with Gasteiger partial charge in [0.2, 0.25) is 0 Å². The van der Waals surface area contributed by atoms with Crippen molar-refractivity contribution in [2.45, 2.75) is 111 Å². The van der Waals surface area contributed by atoms with Crippen LogP contribution in [0.2, 0.25) is 0 Å². The van der Waals surface area contributed by atoms with E-state index >= 15 is 0 Å². The minimum atomic E-state index is -0.412. The topological polar surface area (TPSA) is 43.4 Å². The highest BCUT2D eigenvalue weighted by Crippen LogP contribution is 2.13. The molecule has 0 radical (unpaired) electrons. The largest absolute Gasteiger partial charge is 0.393 e. The molecule has 0 aliphatic rings. The van der Waals surface area contributed by atoms with Gasteiger partial charge >= 0.3 is 11.9 Å². The maximum Gasteiger partial charge on any atom is 0.316 e. The van der Waals surface area contributed by atoms with E-state index in [1.165, 1.54) is 70.6 Å². The number of carbonyl (C=O) groups is 2. The highest BCUT2D eigenvalue weighted by Gasteiger charge is 2.13. The van der Waals surface area contributed by atoms with Crippen LogP contribution in [0.25, 0.3) is 0 Å². The van der Waals surface area contributed by atoms with Gasteiger partial charge in [0.25, 0.3) is 0 Å². The van der Waals surface area contributed by atoms with Gasteiger partial charge in [-0.05, 0) is 6.42 Å². The van der Waals surface area contributed by atoms with Crippen molar-refractivity contribution in [2.24, 2.45) is 5.92 Å². The molecule has 0 heterocycles. The van der Waals surface area contributed by atoms with E-state index in [9.17, 15) is 9.59 Å². The van der Waals surface area contributed by atoms with E-state index in [1.807, 2.05) is 0 Å². The molecule has 0 N–H and O–H groups in total. The molecule has 0 aliphatic carbocycles.